The highest BCUT2D eigenvalue weighted by Crippen LogP contribution is 2.21. The average Bonchev–Trinajstić information content (AvgIpc) is 2.37. The Bertz CT molecular complexity index is 495. The van der Waals surface area contributed by atoms with Gasteiger partial charge in [-0.2, -0.15) is 0 Å². The van der Waals surface area contributed by atoms with Crippen LogP contribution in [0.2, 0.25) is 0 Å². The SMILES string of the molecule is COC(=O)CC(C)NC(=O)COc1ccc(Br)cc1F. The van der Waals surface area contributed by atoms with Gasteiger partial charge in [-0.05, 0) is 25.1 Å². The summed E-state index contributed by atoms with van der Waals surface area (Å²) in [4.78, 5) is 22.6. The number of carbonyl (C=O) groups excluding carboxylic acids is 2. The number of hydrogen-bond acceptors (Lipinski definition) is 4. The molecule has 0 aliphatic carbocycles. The van der Waals surface area contributed by atoms with Gasteiger partial charge in [0.15, 0.2) is 18.2 Å². The van der Waals surface area contributed by atoms with Crippen molar-refractivity contribution in [3.8, 4) is 5.75 Å². The molecule has 1 unspecified atom stereocenters. The molecule has 0 bridgehead atoms. The van der Waals surface area contributed by atoms with Crippen molar-refractivity contribution < 1.29 is 23.5 Å². The summed E-state index contributed by atoms with van der Waals surface area (Å²) in [6.07, 6.45) is 0.0644. The van der Waals surface area contributed by atoms with Gasteiger partial charge in [0, 0.05) is 10.5 Å². The fraction of sp³-hybridized carbons (Fsp3) is 0.385. The number of ether oxygens (including phenoxy) is 2. The lowest BCUT2D eigenvalue weighted by atomic mass is 10.2. The van der Waals surface area contributed by atoms with E-state index in [0.717, 1.165) is 0 Å². The lowest BCUT2D eigenvalue weighted by Crippen LogP contribution is -2.37. The van der Waals surface area contributed by atoms with Crippen LogP contribution in [0.25, 0.3) is 0 Å². The largest absolute Gasteiger partial charge is 0.481 e. The fourth-order valence-electron chi connectivity index (χ4n) is 1.44. The van der Waals surface area contributed by atoms with Crippen molar-refractivity contribution >= 4 is 27.8 Å². The molecule has 5 nitrogen and oxygen atoms in total. The van der Waals surface area contributed by atoms with Gasteiger partial charge >= 0.3 is 5.97 Å². The molecule has 0 spiro atoms. The number of halogens is 2. The van der Waals surface area contributed by atoms with Crippen molar-refractivity contribution in [1.29, 1.82) is 0 Å². The van der Waals surface area contributed by atoms with E-state index < -0.39 is 17.7 Å². The number of hydrogen-bond donors (Lipinski definition) is 1. The van der Waals surface area contributed by atoms with Crippen LogP contribution in [0.3, 0.4) is 0 Å². The standard InChI is InChI=1S/C13H15BrFNO4/c1-8(5-13(18)19-2)16-12(17)7-20-11-4-3-9(14)6-10(11)15/h3-4,6,8H,5,7H2,1-2H3,(H,16,17). The van der Waals surface area contributed by atoms with Crippen LogP contribution in [0.1, 0.15) is 13.3 Å². The van der Waals surface area contributed by atoms with Crippen molar-refractivity contribution in [3.05, 3.63) is 28.5 Å². The second-order valence-electron chi connectivity index (χ2n) is 4.11. The lowest BCUT2D eigenvalue weighted by molar-refractivity contribution is -0.141. The van der Waals surface area contributed by atoms with Gasteiger partial charge in [0.25, 0.3) is 5.91 Å². The van der Waals surface area contributed by atoms with E-state index in [1.54, 1.807) is 13.0 Å². The van der Waals surface area contributed by atoms with E-state index in [9.17, 15) is 14.0 Å². The molecule has 1 aromatic carbocycles. The third-order valence-electron chi connectivity index (χ3n) is 2.36. The Morgan fingerprint density at radius 2 is 2.15 bits per heavy atom. The smallest absolute Gasteiger partial charge is 0.307 e. The van der Waals surface area contributed by atoms with Crippen LogP contribution in [0.15, 0.2) is 22.7 Å². The predicted octanol–water partition coefficient (Wildman–Crippen LogP) is 2.03. The monoisotopic (exact) mass is 347 g/mol. The predicted molar refractivity (Wildman–Crippen MR) is 73.8 cm³/mol. The van der Waals surface area contributed by atoms with Gasteiger partial charge < -0.3 is 14.8 Å². The molecule has 1 rings (SSSR count). The summed E-state index contributed by atoms with van der Waals surface area (Å²) in [5, 5.41) is 2.55. The van der Waals surface area contributed by atoms with E-state index in [4.69, 9.17) is 4.74 Å². The Morgan fingerprint density at radius 1 is 1.45 bits per heavy atom. The topological polar surface area (TPSA) is 64.6 Å². The molecule has 0 heterocycles. The highest BCUT2D eigenvalue weighted by molar-refractivity contribution is 9.10. The molecule has 1 atom stereocenters. The Labute approximate surface area is 124 Å². The minimum Gasteiger partial charge on any atom is -0.481 e. The Balaban J connectivity index is 2.41. The maximum atomic E-state index is 13.4. The normalized spacial score (nSPS) is 11.6. The molecule has 1 aromatic rings. The zero-order valence-electron chi connectivity index (χ0n) is 11.1. The van der Waals surface area contributed by atoms with Crippen molar-refractivity contribution in [1.82, 2.24) is 5.32 Å². The zero-order chi connectivity index (χ0) is 15.1. The third kappa shape index (κ3) is 5.56. The first-order valence-electron chi connectivity index (χ1n) is 5.86. The molecule has 0 aromatic heterocycles. The summed E-state index contributed by atoms with van der Waals surface area (Å²) in [5.74, 6) is -1.43. The molecule has 0 aliphatic rings. The van der Waals surface area contributed by atoms with Gasteiger partial charge in [0.1, 0.15) is 0 Å². The van der Waals surface area contributed by atoms with E-state index >= 15 is 0 Å². The minimum absolute atomic E-state index is 0.0102. The van der Waals surface area contributed by atoms with Gasteiger partial charge in [-0.25, -0.2) is 4.39 Å². The van der Waals surface area contributed by atoms with Gasteiger partial charge in [-0.15, -0.1) is 0 Å². The van der Waals surface area contributed by atoms with Crippen molar-refractivity contribution in [3.63, 3.8) is 0 Å². The van der Waals surface area contributed by atoms with Crippen LogP contribution in [0.4, 0.5) is 4.39 Å². The first kappa shape index (κ1) is 16.4. The minimum atomic E-state index is -0.560. The number of carbonyl (C=O) groups is 2. The molecule has 110 valence electrons. The van der Waals surface area contributed by atoms with Gasteiger partial charge in [0.05, 0.1) is 13.5 Å². The first-order chi connectivity index (χ1) is 9.42. The van der Waals surface area contributed by atoms with Crippen LogP contribution < -0.4 is 10.1 Å². The lowest BCUT2D eigenvalue weighted by Gasteiger charge is -2.13. The molecule has 0 saturated heterocycles. The third-order valence-corrected chi connectivity index (χ3v) is 2.85. The average molecular weight is 348 g/mol. The molecular formula is C13H15BrFNO4. The summed E-state index contributed by atoms with van der Waals surface area (Å²) in [5.41, 5.74) is 0. The highest BCUT2D eigenvalue weighted by Gasteiger charge is 2.13. The van der Waals surface area contributed by atoms with Crippen molar-refractivity contribution in [2.75, 3.05) is 13.7 Å². The quantitative estimate of drug-likeness (QED) is 0.799. The van der Waals surface area contributed by atoms with Crippen molar-refractivity contribution in [2.45, 2.75) is 19.4 Å². The molecule has 20 heavy (non-hydrogen) atoms. The van der Waals surface area contributed by atoms with Crippen molar-refractivity contribution in [2.24, 2.45) is 0 Å². The van der Waals surface area contributed by atoms with E-state index in [1.807, 2.05) is 0 Å². The first-order valence-corrected chi connectivity index (χ1v) is 6.65. The maximum absolute atomic E-state index is 13.4. The van der Waals surface area contributed by atoms with Gasteiger partial charge in [-0.1, -0.05) is 15.9 Å². The summed E-state index contributed by atoms with van der Waals surface area (Å²) < 4.78 is 23.6. The fourth-order valence-corrected chi connectivity index (χ4v) is 1.77. The van der Waals surface area contributed by atoms with E-state index in [1.165, 1.54) is 19.2 Å². The molecule has 0 radical (unpaired) electrons. The second-order valence-corrected chi connectivity index (χ2v) is 5.03. The van der Waals surface area contributed by atoms with Crippen LogP contribution in [0.5, 0.6) is 5.75 Å². The molecule has 7 heteroatoms. The Kier molecular flexibility index (Phi) is 6.44. The number of nitrogens with one attached hydrogen (secondary N) is 1. The number of benzene rings is 1. The number of rotatable bonds is 6. The van der Waals surface area contributed by atoms with E-state index in [-0.39, 0.29) is 24.8 Å². The van der Waals surface area contributed by atoms with Crippen LogP contribution in [-0.4, -0.2) is 31.6 Å². The maximum Gasteiger partial charge on any atom is 0.307 e. The van der Waals surface area contributed by atoms with Gasteiger partial charge in [-0.3, -0.25) is 9.59 Å². The summed E-state index contributed by atoms with van der Waals surface area (Å²) in [7, 11) is 1.27. The molecule has 1 amide bonds. The molecule has 0 aliphatic heterocycles. The Hall–Kier alpha value is -1.63. The molecule has 0 saturated carbocycles. The number of esters is 1. The highest BCUT2D eigenvalue weighted by atomic mass is 79.9. The second kappa shape index (κ2) is 7.84. The van der Waals surface area contributed by atoms with Crippen LogP contribution in [0, 0.1) is 5.82 Å². The summed E-state index contributed by atoms with van der Waals surface area (Å²) in [6.45, 7) is 1.33. The van der Waals surface area contributed by atoms with Gasteiger partial charge in [0.2, 0.25) is 0 Å². The summed E-state index contributed by atoms with van der Waals surface area (Å²) >= 11 is 3.12. The van der Waals surface area contributed by atoms with E-state index in [2.05, 4.69) is 26.0 Å². The molecular weight excluding hydrogens is 333 g/mol. The summed E-state index contributed by atoms with van der Waals surface area (Å²) in [6, 6.07) is 3.89. The number of methoxy groups -OCH3 is 1. The zero-order valence-corrected chi connectivity index (χ0v) is 12.7. The van der Waals surface area contributed by atoms with Crippen LogP contribution in [-0.2, 0) is 14.3 Å². The Morgan fingerprint density at radius 3 is 2.75 bits per heavy atom. The van der Waals surface area contributed by atoms with E-state index in [0.29, 0.717) is 4.47 Å². The number of amides is 1. The molecule has 1 N–H and O–H groups in total. The van der Waals surface area contributed by atoms with Crippen LogP contribution >= 0.6 is 15.9 Å². The molecule has 0 fully saturated rings.